The Morgan fingerprint density at radius 1 is 1.38 bits per heavy atom. The third-order valence-electron chi connectivity index (χ3n) is 3.54. The van der Waals surface area contributed by atoms with Crippen LogP contribution in [0, 0.1) is 0 Å². The molecule has 1 aliphatic rings. The summed E-state index contributed by atoms with van der Waals surface area (Å²) in [7, 11) is 1.64. The molecule has 6 nitrogen and oxygen atoms in total. The molecule has 0 spiro atoms. The number of ether oxygens (including phenoxy) is 1. The number of carboxylic acid groups (broad SMARTS) is 1. The van der Waals surface area contributed by atoms with Gasteiger partial charge in [-0.1, -0.05) is 0 Å². The average molecular weight is 357 g/mol. The van der Waals surface area contributed by atoms with Crippen LogP contribution in [0.1, 0.15) is 29.6 Å². The molecule has 2 unspecified atom stereocenters. The van der Waals surface area contributed by atoms with E-state index in [4.69, 9.17) is 9.84 Å². The van der Waals surface area contributed by atoms with Gasteiger partial charge in [0.05, 0.1) is 23.4 Å². The summed E-state index contributed by atoms with van der Waals surface area (Å²) in [5.74, 6) is -1.01. The first kappa shape index (κ1) is 15.8. The van der Waals surface area contributed by atoms with Crippen molar-refractivity contribution >= 4 is 33.6 Å². The van der Waals surface area contributed by atoms with E-state index < -0.39 is 5.97 Å². The topological polar surface area (TPSA) is 87.7 Å². The molecule has 7 heteroatoms. The minimum Gasteiger partial charge on any atom is -0.478 e. The third kappa shape index (κ3) is 3.95. The van der Waals surface area contributed by atoms with E-state index in [9.17, 15) is 9.59 Å². The summed E-state index contributed by atoms with van der Waals surface area (Å²) >= 11 is 3.25. The van der Waals surface area contributed by atoms with E-state index in [-0.39, 0.29) is 23.7 Å². The van der Waals surface area contributed by atoms with Crippen LogP contribution in [-0.4, -0.2) is 36.4 Å². The van der Waals surface area contributed by atoms with Gasteiger partial charge in [0.15, 0.2) is 0 Å². The van der Waals surface area contributed by atoms with Crippen LogP contribution in [0.4, 0.5) is 10.5 Å². The molecule has 0 radical (unpaired) electrons. The quantitative estimate of drug-likeness (QED) is 0.773. The maximum absolute atomic E-state index is 12.0. The monoisotopic (exact) mass is 356 g/mol. The average Bonchev–Trinajstić information content (AvgIpc) is 2.87. The lowest BCUT2D eigenvalue weighted by Crippen LogP contribution is -2.42. The molecule has 0 aliphatic heterocycles. The lowest BCUT2D eigenvalue weighted by Gasteiger charge is -2.20. The van der Waals surface area contributed by atoms with Gasteiger partial charge in [-0.2, -0.15) is 0 Å². The molecule has 1 aliphatic carbocycles. The van der Waals surface area contributed by atoms with Crippen LogP contribution < -0.4 is 10.6 Å². The number of aromatic carboxylic acids is 1. The van der Waals surface area contributed by atoms with Crippen molar-refractivity contribution in [3.8, 4) is 0 Å². The Morgan fingerprint density at radius 2 is 2.14 bits per heavy atom. The van der Waals surface area contributed by atoms with E-state index in [0.717, 1.165) is 19.3 Å². The molecule has 21 heavy (non-hydrogen) atoms. The zero-order chi connectivity index (χ0) is 15.4. The smallest absolute Gasteiger partial charge is 0.335 e. The molecule has 0 heterocycles. The number of methoxy groups -OCH3 is 1. The maximum atomic E-state index is 12.0. The molecular formula is C14H17BrN2O4. The van der Waals surface area contributed by atoms with Crippen molar-refractivity contribution in [3.63, 3.8) is 0 Å². The van der Waals surface area contributed by atoms with Gasteiger partial charge in [-0.05, 0) is 53.4 Å². The largest absolute Gasteiger partial charge is 0.478 e. The molecule has 2 atom stereocenters. The van der Waals surface area contributed by atoms with Gasteiger partial charge in [0.1, 0.15) is 0 Å². The van der Waals surface area contributed by atoms with E-state index >= 15 is 0 Å². The molecule has 2 rings (SSSR count). The van der Waals surface area contributed by atoms with Crippen molar-refractivity contribution in [1.82, 2.24) is 5.32 Å². The first-order valence-electron chi connectivity index (χ1n) is 6.64. The highest BCUT2D eigenvalue weighted by molar-refractivity contribution is 9.10. The molecular weight excluding hydrogens is 340 g/mol. The lowest BCUT2D eigenvalue weighted by molar-refractivity contribution is 0.0697. The Balaban J connectivity index is 1.98. The van der Waals surface area contributed by atoms with Crippen molar-refractivity contribution < 1.29 is 19.4 Å². The fourth-order valence-electron chi connectivity index (χ4n) is 2.45. The highest BCUT2D eigenvalue weighted by Crippen LogP contribution is 2.25. The SMILES string of the molecule is COC1CCCC1NC(=O)Nc1ccc(C(=O)O)cc1Br. The van der Waals surface area contributed by atoms with Crippen molar-refractivity contribution in [2.24, 2.45) is 0 Å². The molecule has 3 N–H and O–H groups in total. The molecule has 2 amide bonds. The number of hydrogen-bond donors (Lipinski definition) is 3. The summed E-state index contributed by atoms with van der Waals surface area (Å²) in [4.78, 5) is 22.8. The van der Waals surface area contributed by atoms with Crippen LogP contribution in [0.3, 0.4) is 0 Å². The highest BCUT2D eigenvalue weighted by atomic mass is 79.9. The van der Waals surface area contributed by atoms with Gasteiger partial charge in [-0.25, -0.2) is 9.59 Å². The predicted molar refractivity (Wildman–Crippen MR) is 81.7 cm³/mol. The van der Waals surface area contributed by atoms with E-state index in [2.05, 4.69) is 26.6 Å². The number of carbonyl (C=O) groups excluding carboxylic acids is 1. The fourth-order valence-corrected chi connectivity index (χ4v) is 2.93. The van der Waals surface area contributed by atoms with Crippen LogP contribution in [0.2, 0.25) is 0 Å². The molecule has 0 aromatic heterocycles. The standard InChI is InChI=1S/C14H17BrN2O4/c1-21-12-4-2-3-11(12)17-14(20)16-10-6-5-8(13(18)19)7-9(10)15/h5-7,11-12H,2-4H2,1H3,(H,18,19)(H2,16,17,20). The predicted octanol–water partition coefficient (Wildman–Crippen LogP) is 2.84. The normalized spacial score (nSPS) is 21.0. The van der Waals surface area contributed by atoms with Crippen molar-refractivity contribution in [3.05, 3.63) is 28.2 Å². The second-order valence-electron chi connectivity index (χ2n) is 4.91. The summed E-state index contributed by atoms with van der Waals surface area (Å²) in [6.45, 7) is 0. The van der Waals surface area contributed by atoms with Gasteiger partial charge < -0.3 is 20.5 Å². The summed E-state index contributed by atoms with van der Waals surface area (Å²) in [5.41, 5.74) is 0.674. The second-order valence-corrected chi connectivity index (χ2v) is 5.76. The molecule has 1 saturated carbocycles. The number of urea groups is 1. The van der Waals surface area contributed by atoms with Gasteiger partial charge in [0, 0.05) is 11.6 Å². The number of anilines is 1. The van der Waals surface area contributed by atoms with Crippen LogP contribution in [0.25, 0.3) is 0 Å². The summed E-state index contributed by atoms with van der Waals surface area (Å²) < 4.78 is 5.84. The van der Waals surface area contributed by atoms with Crippen LogP contribution in [-0.2, 0) is 4.74 Å². The Morgan fingerprint density at radius 3 is 2.76 bits per heavy atom. The molecule has 0 bridgehead atoms. The summed E-state index contributed by atoms with van der Waals surface area (Å²) in [5, 5.41) is 14.5. The highest BCUT2D eigenvalue weighted by Gasteiger charge is 2.28. The molecule has 1 aromatic rings. The van der Waals surface area contributed by atoms with Crippen LogP contribution in [0.15, 0.2) is 22.7 Å². The molecule has 1 fully saturated rings. The van der Waals surface area contributed by atoms with Crippen LogP contribution in [0.5, 0.6) is 0 Å². The maximum Gasteiger partial charge on any atom is 0.335 e. The number of benzene rings is 1. The van der Waals surface area contributed by atoms with Crippen molar-refractivity contribution in [2.45, 2.75) is 31.4 Å². The number of rotatable bonds is 4. The Labute approximate surface area is 131 Å². The second kappa shape index (κ2) is 6.91. The van der Waals surface area contributed by atoms with Gasteiger partial charge in [-0.15, -0.1) is 0 Å². The summed E-state index contributed by atoms with van der Waals surface area (Å²) in [6, 6.07) is 4.12. The van der Waals surface area contributed by atoms with Crippen LogP contribution >= 0.6 is 15.9 Å². The van der Waals surface area contributed by atoms with E-state index in [1.165, 1.54) is 12.1 Å². The minimum absolute atomic E-state index is 0.00654. The zero-order valence-corrected chi connectivity index (χ0v) is 13.1. The number of carboxylic acids is 1. The molecule has 0 saturated heterocycles. The first-order valence-corrected chi connectivity index (χ1v) is 7.43. The number of hydrogen-bond acceptors (Lipinski definition) is 3. The summed E-state index contributed by atoms with van der Waals surface area (Å²) in [6.07, 6.45) is 2.91. The minimum atomic E-state index is -1.01. The van der Waals surface area contributed by atoms with E-state index in [1.807, 2.05) is 0 Å². The van der Waals surface area contributed by atoms with Crippen molar-refractivity contribution in [1.29, 1.82) is 0 Å². The fraction of sp³-hybridized carbons (Fsp3) is 0.429. The van der Waals surface area contributed by atoms with Crippen molar-refractivity contribution in [2.75, 3.05) is 12.4 Å². The van der Waals surface area contributed by atoms with Gasteiger partial charge >= 0.3 is 12.0 Å². The first-order chi connectivity index (χ1) is 10.0. The number of nitrogens with one attached hydrogen (secondary N) is 2. The van der Waals surface area contributed by atoms with E-state index in [0.29, 0.717) is 10.2 Å². The van der Waals surface area contributed by atoms with E-state index in [1.54, 1.807) is 13.2 Å². The molecule has 114 valence electrons. The lowest BCUT2D eigenvalue weighted by atomic mass is 10.2. The Kier molecular flexibility index (Phi) is 5.19. The Hall–Kier alpha value is -1.60. The van der Waals surface area contributed by atoms with Gasteiger partial charge in [-0.3, -0.25) is 0 Å². The van der Waals surface area contributed by atoms with Gasteiger partial charge in [0.25, 0.3) is 0 Å². The Bertz CT molecular complexity index is 550. The number of carbonyl (C=O) groups is 2. The molecule has 1 aromatic carbocycles. The number of amides is 2. The van der Waals surface area contributed by atoms with Gasteiger partial charge in [0.2, 0.25) is 0 Å². The third-order valence-corrected chi connectivity index (χ3v) is 4.19. The zero-order valence-electron chi connectivity index (χ0n) is 11.6. The number of halogens is 1.